The molecule has 30 heavy (non-hydrogen) atoms. The molecule has 2 fully saturated rings. The van der Waals surface area contributed by atoms with Crippen LogP contribution in [0.4, 0.5) is 8.78 Å². The Bertz CT molecular complexity index is 809. The van der Waals surface area contributed by atoms with E-state index in [2.05, 4.69) is 31.6 Å². The number of rotatable bonds is 7. The molecule has 0 N–H and O–H groups in total. The van der Waals surface area contributed by atoms with Crippen LogP contribution in [0.15, 0.2) is 23.4 Å². The van der Waals surface area contributed by atoms with Crippen LogP contribution in [0, 0.1) is 11.6 Å². The van der Waals surface area contributed by atoms with E-state index < -0.39 is 11.6 Å². The van der Waals surface area contributed by atoms with Crippen LogP contribution >= 0.6 is 11.8 Å². The minimum atomic E-state index is -0.461. The summed E-state index contributed by atoms with van der Waals surface area (Å²) in [4.78, 5) is 4.67. The van der Waals surface area contributed by atoms with E-state index in [1.165, 1.54) is 50.6 Å². The third-order valence-corrected chi connectivity index (χ3v) is 7.35. The zero-order valence-corrected chi connectivity index (χ0v) is 18.5. The van der Waals surface area contributed by atoms with E-state index in [9.17, 15) is 8.78 Å². The fraction of sp³-hybridized carbons (Fsp3) is 0.636. The second-order valence-electron chi connectivity index (χ2n) is 8.40. The molecule has 164 valence electrons. The summed E-state index contributed by atoms with van der Waals surface area (Å²) in [6.45, 7) is 5.49. The highest BCUT2D eigenvalue weighted by molar-refractivity contribution is 7.99. The second kappa shape index (κ2) is 10.2. The maximum atomic E-state index is 13.9. The van der Waals surface area contributed by atoms with Gasteiger partial charge < -0.3 is 9.47 Å². The lowest BCUT2D eigenvalue weighted by Gasteiger charge is -2.31. The molecule has 0 radical (unpaired) electrons. The van der Waals surface area contributed by atoms with Gasteiger partial charge in [-0.05, 0) is 64.0 Å². The molecule has 0 spiro atoms. The number of likely N-dealkylation sites (tertiary alicyclic amines) is 2. The van der Waals surface area contributed by atoms with Crippen molar-refractivity contribution in [2.24, 2.45) is 7.05 Å². The molecule has 0 atom stereocenters. The molecule has 2 aromatic rings. The second-order valence-corrected chi connectivity index (χ2v) is 9.46. The standard InChI is InChI=1S/C22H31F2N5S/c1-27-21(25-26-22(27)30-15-14-28-10-3-2-4-11-28)17-8-12-29(13-9-17)16-18-19(23)6-5-7-20(18)24/h5-7,17H,2-4,8-16H2,1H3. The minimum absolute atomic E-state index is 0.169. The van der Waals surface area contributed by atoms with Gasteiger partial charge in [-0.25, -0.2) is 8.78 Å². The molecule has 8 heteroatoms. The molecule has 2 aliphatic rings. The number of piperidine rings is 2. The van der Waals surface area contributed by atoms with Crippen molar-refractivity contribution in [1.82, 2.24) is 24.6 Å². The van der Waals surface area contributed by atoms with E-state index in [0.29, 0.717) is 12.5 Å². The summed E-state index contributed by atoms with van der Waals surface area (Å²) in [5.74, 6) is 1.50. The molecule has 0 aliphatic carbocycles. The van der Waals surface area contributed by atoms with Crippen LogP contribution in [0.25, 0.3) is 0 Å². The molecule has 0 bridgehead atoms. The normalized spacial score (nSPS) is 19.4. The summed E-state index contributed by atoms with van der Waals surface area (Å²) in [6.07, 6.45) is 5.87. The molecule has 0 amide bonds. The summed E-state index contributed by atoms with van der Waals surface area (Å²) in [7, 11) is 2.06. The Balaban J connectivity index is 1.27. The number of halogens is 2. The topological polar surface area (TPSA) is 37.2 Å². The number of nitrogens with zero attached hydrogens (tertiary/aromatic N) is 5. The van der Waals surface area contributed by atoms with E-state index >= 15 is 0 Å². The highest BCUT2D eigenvalue weighted by atomic mass is 32.2. The number of benzene rings is 1. The van der Waals surface area contributed by atoms with Crippen LogP contribution in [-0.2, 0) is 13.6 Å². The molecular formula is C22H31F2N5S. The molecule has 0 saturated carbocycles. The van der Waals surface area contributed by atoms with Crippen molar-refractivity contribution in [2.75, 3.05) is 38.5 Å². The Morgan fingerprint density at radius 3 is 2.37 bits per heavy atom. The first-order valence-electron chi connectivity index (χ1n) is 11.0. The van der Waals surface area contributed by atoms with Crippen molar-refractivity contribution in [3.8, 4) is 0 Å². The van der Waals surface area contributed by atoms with Crippen molar-refractivity contribution in [2.45, 2.75) is 49.7 Å². The number of hydrogen-bond donors (Lipinski definition) is 0. The van der Waals surface area contributed by atoms with Crippen LogP contribution in [0.2, 0.25) is 0 Å². The number of hydrogen-bond acceptors (Lipinski definition) is 5. The highest BCUT2D eigenvalue weighted by Gasteiger charge is 2.26. The predicted octanol–water partition coefficient (Wildman–Crippen LogP) is 4.05. The molecule has 5 nitrogen and oxygen atoms in total. The maximum absolute atomic E-state index is 13.9. The van der Waals surface area contributed by atoms with Gasteiger partial charge in [0.25, 0.3) is 0 Å². The van der Waals surface area contributed by atoms with E-state index in [0.717, 1.165) is 49.2 Å². The smallest absolute Gasteiger partial charge is 0.191 e. The van der Waals surface area contributed by atoms with Crippen molar-refractivity contribution in [3.05, 3.63) is 41.2 Å². The lowest BCUT2D eigenvalue weighted by atomic mass is 9.95. The minimum Gasteiger partial charge on any atom is -0.309 e. The molecular weight excluding hydrogens is 404 g/mol. The zero-order chi connectivity index (χ0) is 20.9. The van der Waals surface area contributed by atoms with Gasteiger partial charge in [-0.1, -0.05) is 24.2 Å². The van der Waals surface area contributed by atoms with Gasteiger partial charge in [0.2, 0.25) is 0 Å². The zero-order valence-electron chi connectivity index (χ0n) is 17.7. The summed E-state index contributed by atoms with van der Waals surface area (Å²) < 4.78 is 30.0. The van der Waals surface area contributed by atoms with E-state index in [1.807, 2.05) is 0 Å². The Hall–Kier alpha value is -1.51. The lowest BCUT2D eigenvalue weighted by Crippen LogP contribution is -2.33. The van der Waals surface area contributed by atoms with E-state index in [1.54, 1.807) is 11.8 Å². The third kappa shape index (κ3) is 5.21. The van der Waals surface area contributed by atoms with Crippen molar-refractivity contribution in [3.63, 3.8) is 0 Å². The maximum Gasteiger partial charge on any atom is 0.191 e. The molecule has 4 rings (SSSR count). The summed E-state index contributed by atoms with van der Waals surface area (Å²) in [5.41, 5.74) is 0.169. The Morgan fingerprint density at radius 1 is 0.967 bits per heavy atom. The van der Waals surface area contributed by atoms with Crippen molar-refractivity contribution >= 4 is 11.8 Å². The van der Waals surface area contributed by atoms with Gasteiger partial charge in [-0.2, -0.15) is 0 Å². The van der Waals surface area contributed by atoms with Gasteiger partial charge >= 0.3 is 0 Å². The van der Waals surface area contributed by atoms with Crippen LogP contribution in [0.3, 0.4) is 0 Å². The Kier molecular flexibility index (Phi) is 7.38. The largest absolute Gasteiger partial charge is 0.309 e. The molecule has 1 aromatic carbocycles. The Labute approximate surface area is 181 Å². The first kappa shape index (κ1) is 21.7. The van der Waals surface area contributed by atoms with Crippen LogP contribution in [0.5, 0.6) is 0 Å². The number of aromatic nitrogens is 3. The van der Waals surface area contributed by atoms with Crippen molar-refractivity contribution < 1.29 is 8.78 Å². The predicted molar refractivity (Wildman–Crippen MR) is 116 cm³/mol. The number of thioether (sulfide) groups is 1. The molecule has 0 unspecified atom stereocenters. The fourth-order valence-corrected chi connectivity index (χ4v) is 5.43. The van der Waals surface area contributed by atoms with Crippen molar-refractivity contribution in [1.29, 1.82) is 0 Å². The van der Waals surface area contributed by atoms with Gasteiger partial charge in [-0.3, -0.25) is 4.90 Å². The molecule has 1 aromatic heterocycles. The van der Waals surface area contributed by atoms with E-state index in [-0.39, 0.29) is 5.56 Å². The monoisotopic (exact) mass is 435 g/mol. The Morgan fingerprint density at radius 2 is 1.67 bits per heavy atom. The molecule has 3 heterocycles. The summed E-state index contributed by atoms with van der Waals surface area (Å²) in [6, 6.07) is 4.07. The average Bonchev–Trinajstić information content (AvgIpc) is 3.12. The van der Waals surface area contributed by atoms with Gasteiger partial charge in [0.1, 0.15) is 17.5 Å². The highest BCUT2D eigenvalue weighted by Crippen LogP contribution is 2.30. The van der Waals surface area contributed by atoms with E-state index in [4.69, 9.17) is 0 Å². The quantitative estimate of drug-likeness (QED) is 0.614. The van der Waals surface area contributed by atoms with Crippen LogP contribution in [-0.4, -0.2) is 63.0 Å². The molecule has 2 aliphatic heterocycles. The first-order chi connectivity index (χ1) is 14.6. The average molecular weight is 436 g/mol. The summed E-state index contributed by atoms with van der Waals surface area (Å²) in [5, 5.41) is 9.89. The first-order valence-corrected chi connectivity index (χ1v) is 12.0. The SMILES string of the molecule is Cn1c(SCCN2CCCCC2)nnc1C1CCN(Cc2c(F)cccc2F)CC1. The van der Waals surface area contributed by atoms with Gasteiger partial charge in [-0.15, -0.1) is 10.2 Å². The lowest BCUT2D eigenvalue weighted by molar-refractivity contribution is 0.195. The van der Waals surface area contributed by atoms with Crippen LogP contribution < -0.4 is 0 Å². The summed E-state index contributed by atoms with van der Waals surface area (Å²) >= 11 is 1.78. The molecule has 2 saturated heterocycles. The van der Waals surface area contributed by atoms with Gasteiger partial charge in [0.05, 0.1) is 0 Å². The van der Waals surface area contributed by atoms with Crippen LogP contribution in [0.1, 0.15) is 49.4 Å². The fourth-order valence-electron chi connectivity index (χ4n) is 4.51. The third-order valence-electron chi connectivity index (χ3n) is 6.35. The van der Waals surface area contributed by atoms with Gasteiger partial charge in [0, 0.05) is 37.4 Å². The van der Waals surface area contributed by atoms with Gasteiger partial charge in [0.15, 0.2) is 5.16 Å².